The van der Waals surface area contributed by atoms with Crippen LogP contribution in [0.1, 0.15) is 42.8 Å². The fraction of sp³-hybridized carbons (Fsp3) is 0.294. The summed E-state index contributed by atoms with van der Waals surface area (Å²) >= 11 is 9.81. The molecule has 0 bridgehead atoms. The van der Waals surface area contributed by atoms with Crippen molar-refractivity contribution in [1.82, 2.24) is 0 Å². The number of benzene rings is 2. The van der Waals surface area contributed by atoms with Gasteiger partial charge in [-0.15, -0.1) is 11.6 Å². The van der Waals surface area contributed by atoms with Gasteiger partial charge >= 0.3 is 0 Å². The Labute approximate surface area is 133 Å². The summed E-state index contributed by atoms with van der Waals surface area (Å²) in [5.74, 6) is -0.292. The lowest BCUT2D eigenvalue weighted by atomic mass is 9.86. The van der Waals surface area contributed by atoms with Gasteiger partial charge < -0.3 is 0 Å². The Morgan fingerprint density at radius 2 is 1.65 bits per heavy atom. The van der Waals surface area contributed by atoms with Crippen LogP contribution in [0, 0.1) is 5.82 Å². The Bertz CT molecular complexity index is 579. The molecule has 0 aromatic heterocycles. The highest BCUT2D eigenvalue weighted by molar-refractivity contribution is 9.10. The topological polar surface area (TPSA) is 0 Å². The van der Waals surface area contributed by atoms with Crippen molar-refractivity contribution < 1.29 is 4.39 Å². The monoisotopic (exact) mass is 354 g/mol. The van der Waals surface area contributed by atoms with Crippen LogP contribution in [0.4, 0.5) is 4.39 Å². The van der Waals surface area contributed by atoms with Gasteiger partial charge in [0.2, 0.25) is 0 Å². The van der Waals surface area contributed by atoms with Crippen LogP contribution >= 0.6 is 27.5 Å². The minimum atomic E-state index is -0.500. The van der Waals surface area contributed by atoms with Gasteiger partial charge in [-0.1, -0.05) is 67.0 Å². The maximum Gasteiger partial charge on any atom is 0.129 e. The Balaban J connectivity index is 2.37. The van der Waals surface area contributed by atoms with Gasteiger partial charge in [-0.2, -0.15) is 0 Å². The molecule has 0 aliphatic carbocycles. The van der Waals surface area contributed by atoms with Crippen molar-refractivity contribution in [3.8, 4) is 0 Å². The highest BCUT2D eigenvalue weighted by Crippen LogP contribution is 2.36. The van der Waals surface area contributed by atoms with Gasteiger partial charge in [-0.25, -0.2) is 4.39 Å². The minimum Gasteiger partial charge on any atom is -0.207 e. The Morgan fingerprint density at radius 1 is 1.05 bits per heavy atom. The van der Waals surface area contributed by atoms with Gasteiger partial charge in [0.1, 0.15) is 5.82 Å². The number of hydrogen-bond donors (Lipinski definition) is 0. The van der Waals surface area contributed by atoms with Crippen LogP contribution in [-0.2, 0) is 5.41 Å². The first kappa shape index (κ1) is 15.5. The van der Waals surface area contributed by atoms with Crippen LogP contribution in [0.25, 0.3) is 0 Å². The van der Waals surface area contributed by atoms with E-state index in [9.17, 15) is 4.39 Å². The number of halogens is 3. The molecule has 0 radical (unpaired) electrons. The highest BCUT2D eigenvalue weighted by atomic mass is 79.9. The molecule has 0 nitrogen and oxygen atoms in total. The average Bonchev–Trinajstić information content (AvgIpc) is 2.37. The SMILES string of the molecule is CC(C)(C)c1ccc(C(Cl)c2c(F)cccc2Br)cc1. The zero-order valence-corrected chi connectivity index (χ0v) is 14.1. The summed E-state index contributed by atoms with van der Waals surface area (Å²) < 4.78 is 14.6. The molecular formula is C17H17BrClF. The molecule has 0 amide bonds. The lowest BCUT2D eigenvalue weighted by molar-refractivity contribution is 0.589. The van der Waals surface area contributed by atoms with E-state index in [1.54, 1.807) is 12.1 Å². The van der Waals surface area contributed by atoms with Crippen molar-refractivity contribution in [2.45, 2.75) is 31.6 Å². The summed E-state index contributed by atoms with van der Waals surface area (Å²) in [5, 5.41) is -0.500. The molecule has 0 spiro atoms. The lowest BCUT2D eigenvalue weighted by Gasteiger charge is -2.20. The molecule has 2 aromatic carbocycles. The fourth-order valence-electron chi connectivity index (χ4n) is 2.07. The maximum atomic E-state index is 13.9. The summed E-state index contributed by atoms with van der Waals surface area (Å²) in [4.78, 5) is 0. The van der Waals surface area contributed by atoms with Crippen molar-refractivity contribution in [2.75, 3.05) is 0 Å². The molecule has 3 heteroatoms. The van der Waals surface area contributed by atoms with Crippen molar-refractivity contribution in [3.05, 3.63) is 69.4 Å². The van der Waals surface area contributed by atoms with Gasteiger partial charge in [-0.05, 0) is 28.7 Å². The molecule has 0 aliphatic heterocycles. The van der Waals surface area contributed by atoms with Crippen molar-refractivity contribution in [2.24, 2.45) is 0 Å². The Morgan fingerprint density at radius 3 is 2.15 bits per heavy atom. The van der Waals surface area contributed by atoms with E-state index in [-0.39, 0.29) is 11.2 Å². The molecule has 106 valence electrons. The van der Waals surface area contributed by atoms with Gasteiger partial charge in [-0.3, -0.25) is 0 Å². The first-order valence-electron chi connectivity index (χ1n) is 6.49. The van der Waals surface area contributed by atoms with Gasteiger partial charge in [0.05, 0.1) is 5.38 Å². The van der Waals surface area contributed by atoms with Crippen molar-refractivity contribution in [3.63, 3.8) is 0 Å². The van der Waals surface area contributed by atoms with E-state index in [0.29, 0.717) is 10.0 Å². The fourth-order valence-corrected chi connectivity index (χ4v) is 3.14. The second-order valence-corrected chi connectivity index (χ2v) is 7.16. The third kappa shape index (κ3) is 3.24. The maximum absolute atomic E-state index is 13.9. The smallest absolute Gasteiger partial charge is 0.129 e. The number of alkyl halides is 1. The Kier molecular flexibility index (Phi) is 4.55. The van der Waals surface area contributed by atoms with E-state index >= 15 is 0 Å². The molecular weight excluding hydrogens is 339 g/mol. The zero-order chi connectivity index (χ0) is 14.9. The molecule has 1 unspecified atom stereocenters. The predicted molar refractivity (Wildman–Crippen MR) is 86.9 cm³/mol. The summed E-state index contributed by atoms with van der Waals surface area (Å²) in [6.45, 7) is 6.48. The molecule has 20 heavy (non-hydrogen) atoms. The summed E-state index contributed by atoms with van der Waals surface area (Å²) in [6, 6.07) is 12.9. The van der Waals surface area contributed by atoms with Crippen LogP contribution < -0.4 is 0 Å². The van der Waals surface area contributed by atoms with E-state index in [4.69, 9.17) is 11.6 Å². The molecule has 0 N–H and O–H groups in total. The normalized spacial score (nSPS) is 13.3. The quantitative estimate of drug-likeness (QED) is 0.561. The van der Waals surface area contributed by atoms with Crippen LogP contribution in [0.5, 0.6) is 0 Å². The van der Waals surface area contributed by atoms with Crippen LogP contribution in [0.2, 0.25) is 0 Å². The van der Waals surface area contributed by atoms with Crippen molar-refractivity contribution >= 4 is 27.5 Å². The van der Waals surface area contributed by atoms with E-state index in [0.717, 1.165) is 5.56 Å². The van der Waals surface area contributed by atoms with Crippen LogP contribution in [0.15, 0.2) is 46.9 Å². The standard InChI is InChI=1S/C17H17BrClF/c1-17(2,3)12-9-7-11(8-10-12)16(19)15-13(18)5-4-6-14(15)20/h4-10,16H,1-3H3. The third-order valence-corrected chi connectivity index (χ3v) is 4.48. The van der Waals surface area contributed by atoms with E-state index in [1.807, 2.05) is 12.1 Å². The lowest BCUT2D eigenvalue weighted by Crippen LogP contribution is -2.11. The summed E-state index contributed by atoms with van der Waals surface area (Å²) in [7, 11) is 0. The molecule has 0 saturated carbocycles. The van der Waals surface area contributed by atoms with Crippen LogP contribution in [-0.4, -0.2) is 0 Å². The van der Waals surface area contributed by atoms with E-state index in [2.05, 4.69) is 48.8 Å². The van der Waals surface area contributed by atoms with E-state index < -0.39 is 5.38 Å². The average molecular weight is 356 g/mol. The second-order valence-electron chi connectivity index (χ2n) is 5.87. The predicted octanol–water partition coefficient (Wildman–Crippen LogP) is 6.21. The molecule has 0 saturated heterocycles. The highest BCUT2D eigenvalue weighted by Gasteiger charge is 2.19. The first-order valence-corrected chi connectivity index (χ1v) is 7.72. The Hall–Kier alpha value is -0.860. The summed E-state index contributed by atoms with van der Waals surface area (Å²) in [6.07, 6.45) is 0. The minimum absolute atomic E-state index is 0.0962. The van der Waals surface area contributed by atoms with E-state index in [1.165, 1.54) is 11.6 Å². The largest absolute Gasteiger partial charge is 0.207 e. The summed E-state index contributed by atoms with van der Waals surface area (Å²) in [5.41, 5.74) is 2.71. The first-order chi connectivity index (χ1) is 9.30. The van der Waals surface area contributed by atoms with Crippen molar-refractivity contribution in [1.29, 1.82) is 0 Å². The number of hydrogen-bond acceptors (Lipinski definition) is 0. The molecule has 2 rings (SSSR count). The van der Waals surface area contributed by atoms with Gasteiger partial charge in [0, 0.05) is 10.0 Å². The zero-order valence-electron chi connectivity index (χ0n) is 11.8. The third-order valence-electron chi connectivity index (χ3n) is 3.32. The number of rotatable bonds is 2. The molecule has 2 aromatic rings. The molecule has 0 heterocycles. The van der Waals surface area contributed by atoms with Gasteiger partial charge in [0.15, 0.2) is 0 Å². The second kappa shape index (κ2) is 5.87. The molecule has 0 fully saturated rings. The molecule has 0 aliphatic rings. The van der Waals surface area contributed by atoms with Gasteiger partial charge in [0.25, 0.3) is 0 Å². The molecule has 1 atom stereocenters. The van der Waals surface area contributed by atoms with Crippen LogP contribution in [0.3, 0.4) is 0 Å².